The van der Waals surface area contributed by atoms with E-state index in [1.54, 1.807) is 24.3 Å². The number of aliphatic imine (C=N–C) groups is 1. The molecule has 1 fully saturated rings. The van der Waals surface area contributed by atoms with Gasteiger partial charge in [0.05, 0.1) is 10.6 Å². The summed E-state index contributed by atoms with van der Waals surface area (Å²) in [5, 5.41) is 0. The summed E-state index contributed by atoms with van der Waals surface area (Å²) < 4.78 is 24.2. The largest absolute Gasteiger partial charge is 0.370 e. The van der Waals surface area contributed by atoms with Gasteiger partial charge in [0.2, 0.25) is 0 Å². The molecule has 1 saturated heterocycles. The van der Waals surface area contributed by atoms with Crippen molar-refractivity contribution in [2.24, 2.45) is 10.7 Å². The lowest BCUT2D eigenvalue weighted by molar-refractivity contribution is 0.338. The van der Waals surface area contributed by atoms with Crippen LogP contribution in [0.1, 0.15) is 25.7 Å². The van der Waals surface area contributed by atoms with Gasteiger partial charge in [0.25, 0.3) is 0 Å². The highest BCUT2D eigenvalue weighted by molar-refractivity contribution is 14.0. The van der Waals surface area contributed by atoms with Crippen molar-refractivity contribution in [3.05, 3.63) is 30.3 Å². The van der Waals surface area contributed by atoms with Crippen LogP contribution in [0.25, 0.3) is 0 Å². The summed E-state index contributed by atoms with van der Waals surface area (Å²) in [6.45, 7) is 2.36. The van der Waals surface area contributed by atoms with E-state index in [1.807, 2.05) is 6.07 Å². The van der Waals surface area contributed by atoms with E-state index >= 15 is 0 Å². The Hall–Kier alpha value is -0.830. The molecule has 0 amide bonds. The molecule has 0 unspecified atom stereocenters. The van der Waals surface area contributed by atoms with E-state index < -0.39 is 9.84 Å². The van der Waals surface area contributed by atoms with E-state index in [1.165, 1.54) is 6.42 Å². The number of hydrogen-bond acceptors (Lipinski definition) is 3. The maximum Gasteiger partial charge on any atom is 0.191 e. The Morgan fingerprint density at radius 1 is 1.14 bits per heavy atom. The average Bonchev–Trinajstić information content (AvgIpc) is 2.53. The van der Waals surface area contributed by atoms with Gasteiger partial charge in [-0.2, -0.15) is 0 Å². The van der Waals surface area contributed by atoms with Gasteiger partial charge in [0.1, 0.15) is 0 Å². The highest BCUT2D eigenvalue weighted by atomic mass is 127. The minimum Gasteiger partial charge on any atom is -0.370 e. The second-order valence-corrected chi connectivity index (χ2v) is 7.38. The molecular formula is C15H24IN3O2S. The molecule has 22 heavy (non-hydrogen) atoms. The van der Waals surface area contributed by atoms with Gasteiger partial charge >= 0.3 is 0 Å². The topological polar surface area (TPSA) is 75.8 Å². The molecule has 0 bridgehead atoms. The van der Waals surface area contributed by atoms with Crippen LogP contribution in [0, 0.1) is 0 Å². The maximum absolute atomic E-state index is 12.1. The predicted molar refractivity (Wildman–Crippen MR) is 100 cm³/mol. The SMILES string of the molecule is I.NC(=NCCCS(=O)(=O)c1ccccc1)N1CCCCC1. The first kappa shape index (κ1) is 19.2. The van der Waals surface area contributed by atoms with E-state index in [0.717, 1.165) is 25.9 Å². The number of guanidine groups is 1. The van der Waals surface area contributed by atoms with Crippen molar-refractivity contribution in [2.45, 2.75) is 30.6 Å². The molecule has 1 aromatic carbocycles. The summed E-state index contributed by atoms with van der Waals surface area (Å²) in [5.74, 6) is 0.653. The molecule has 1 aromatic rings. The number of piperidine rings is 1. The third-order valence-corrected chi connectivity index (χ3v) is 5.44. The Morgan fingerprint density at radius 3 is 2.41 bits per heavy atom. The van der Waals surface area contributed by atoms with Gasteiger partial charge in [-0.1, -0.05) is 18.2 Å². The molecule has 0 atom stereocenters. The third kappa shape index (κ3) is 5.75. The van der Waals surface area contributed by atoms with Crippen molar-refractivity contribution in [3.8, 4) is 0 Å². The molecule has 124 valence electrons. The molecule has 0 radical (unpaired) electrons. The second-order valence-electron chi connectivity index (χ2n) is 5.27. The Kier molecular flexibility index (Phi) is 8.16. The van der Waals surface area contributed by atoms with Crippen LogP contribution in [0.15, 0.2) is 40.2 Å². The molecule has 1 aliphatic rings. The molecular weight excluding hydrogens is 413 g/mol. The Labute approximate surface area is 149 Å². The normalized spacial score (nSPS) is 16.2. The fourth-order valence-electron chi connectivity index (χ4n) is 2.42. The van der Waals surface area contributed by atoms with Crippen molar-refractivity contribution in [1.29, 1.82) is 0 Å². The van der Waals surface area contributed by atoms with Crippen LogP contribution in [0.2, 0.25) is 0 Å². The van der Waals surface area contributed by atoms with Gasteiger partial charge in [-0.05, 0) is 37.8 Å². The van der Waals surface area contributed by atoms with Crippen LogP contribution in [0.4, 0.5) is 0 Å². The summed E-state index contributed by atoms with van der Waals surface area (Å²) >= 11 is 0. The highest BCUT2D eigenvalue weighted by Crippen LogP contribution is 2.11. The van der Waals surface area contributed by atoms with Crippen LogP contribution >= 0.6 is 24.0 Å². The summed E-state index contributed by atoms with van der Waals surface area (Å²) in [4.78, 5) is 6.75. The number of halogens is 1. The number of benzene rings is 1. The zero-order valence-corrected chi connectivity index (χ0v) is 15.8. The molecule has 0 saturated carbocycles. The van der Waals surface area contributed by atoms with E-state index in [9.17, 15) is 8.42 Å². The maximum atomic E-state index is 12.1. The molecule has 0 aromatic heterocycles. The molecule has 2 N–H and O–H groups in total. The van der Waals surface area contributed by atoms with Crippen LogP contribution < -0.4 is 5.73 Å². The minimum atomic E-state index is -3.21. The first-order chi connectivity index (χ1) is 10.1. The summed E-state index contributed by atoms with van der Waals surface area (Å²) in [6, 6.07) is 8.53. The Balaban J connectivity index is 0.00000242. The lowest BCUT2D eigenvalue weighted by Gasteiger charge is -2.27. The number of nitrogens with zero attached hydrogens (tertiary/aromatic N) is 2. The van der Waals surface area contributed by atoms with E-state index in [-0.39, 0.29) is 29.7 Å². The van der Waals surface area contributed by atoms with E-state index in [2.05, 4.69) is 9.89 Å². The molecule has 1 aliphatic heterocycles. The second kappa shape index (κ2) is 9.34. The van der Waals surface area contributed by atoms with Gasteiger partial charge in [-0.3, -0.25) is 4.99 Å². The number of nitrogens with two attached hydrogens (primary N) is 1. The van der Waals surface area contributed by atoms with Gasteiger partial charge in [0.15, 0.2) is 15.8 Å². The lowest BCUT2D eigenvalue weighted by atomic mass is 10.1. The van der Waals surface area contributed by atoms with Crippen LogP contribution in [0.3, 0.4) is 0 Å². The molecule has 0 aliphatic carbocycles. The first-order valence-electron chi connectivity index (χ1n) is 7.42. The van der Waals surface area contributed by atoms with Crippen molar-refractivity contribution in [2.75, 3.05) is 25.4 Å². The number of rotatable bonds is 5. The zero-order valence-electron chi connectivity index (χ0n) is 12.6. The fraction of sp³-hybridized carbons (Fsp3) is 0.533. The molecule has 7 heteroatoms. The minimum absolute atomic E-state index is 0. The smallest absolute Gasteiger partial charge is 0.191 e. The fourth-order valence-corrected chi connectivity index (χ4v) is 3.73. The third-order valence-electron chi connectivity index (χ3n) is 3.63. The van der Waals surface area contributed by atoms with Crippen LogP contribution in [-0.4, -0.2) is 44.7 Å². The van der Waals surface area contributed by atoms with Crippen LogP contribution in [-0.2, 0) is 9.84 Å². The van der Waals surface area contributed by atoms with E-state index in [4.69, 9.17) is 5.73 Å². The molecule has 5 nitrogen and oxygen atoms in total. The zero-order chi connectivity index (χ0) is 15.1. The highest BCUT2D eigenvalue weighted by Gasteiger charge is 2.14. The van der Waals surface area contributed by atoms with Gasteiger partial charge in [-0.25, -0.2) is 8.42 Å². The summed E-state index contributed by atoms with van der Waals surface area (Å²) in [5.41, 5.74) is 5.94. The summed E-state index contributed by atoms with van der Waals surface area (Å²) in [6.07, 6.45) is 4.04. The molecule has 1 heterocycles. The van der Waals surface area contributed by atoms with Crippen molar-refractivity contribution in [3.63, 3.8) is 0 Å². The standard InChI is InChI=1S/C15H23N3O2S.HI/c16-15(18-11-5-2-6-12-18)17-10-7-13-21(19,20)14-8-3-1-4-9-14;/h1,3-4,8-9H,2,5-7,10-13H2,(H2,16,17);1H. The monoisotopic (exact) mass is 437 g/mol. The molecule has 0 spiro atoms. The van der Waals surface area contributed by atoms with Crippen molar-refractivity contribution >= 4 is 39.8 Å². The number of likely N-dealkylation sites (tertiary alicyclic amines) is 1. The predicted octanol–water partition coefficient (Wildman–Crippen LogP) is 2.27. The number of sulfone groups is 1. The molecule has 2 rings (SSSR count). The number of hydrogen-bond donors (Lipinski definition) is 1. The lowest BCUT2D eigenvalue weighted by Crippen LogP contribution is -2.40. The van der Waals surface area contributed by atoms with Gasteiger partial charge in [0, 0.05) is 19.6 Å². The van der Waals surface area contributed by atoms with Crippen molar-refractivity contribution < 1.29 is 8.42 Å². The van der Waals surface area contributed by atoms with Crippen molar-refractivity contribution in [1.82, 2.24) is 4.90 Å². The van der Waals surface area contributed by atoms with E-state index in [0.29, 0.717) is 23.8 Å². The Morgan fingerprint density at radius 2 is 1.77 bits per heavy atom. The quantitative estimate of drug-likeness (QED) is 0.332. The Bertz CT molecular complexity index is 570. The van der Waals surface area contributed by atoms with Gasteiger partial charge < -0.3 is 10.6 Å². The van der Waals surface area contributed by atoms with Crippen LogP contribution in [0.5, 0.6) is 0 Å². The average molecular weight is 437 g/mol. The summed E-state index contributed by atoms with van der Waals surface area (Å²) in [7, 11) is -3.21. The first-order valence-corrected chi connectivity index (χ1v) is 9.07. The van der Waals surface area contributed by atoms with Gasteiger partial charge in [-0.15, -0.1) is 24.0 Å².